The molecule has 0 saturated carbocycles. The van der Waals surface area contributed by atoms with E-state index in [1.54, 1.807) is 18.4 Å². The van der Waals surface area contributed by atoms with E-state index < -0.39 is 0 Å². The van der Waals surface area contributed by atoms with Crippen LogP contribution in [0.1, 0.15) is 41.3 Å². The monoisotopic (exact) mass is 294 g/mol. The van der Waals surface area contributed by atoms with Crippen LogP contribution in [0.4, 0.5) is 0 Å². The number of aryl methyl sites for hydroxylation is 1. The highest BCUT2D eigenvalue weighted by Crippen LogP contribution is 2.31. The third-order valence-electron chi connectivity index (χ3n) is 3.44. The molecule has 0 aromatic carbocycles. The van der Waals surface area contributed by atoms with Gasteiger partial charge in [-0.15, -0.1) is 11.3 Å². The van der Waals surface area contributed by atoms with E-state index in [4.69, 9.17) is 9.26 Å². The lowest BCUT2D eigenvalue weighted by Gasteiger charge is -2.20. The van der Waals surface area contributed by atoms with Gasteiger partial charge in [-0.3, -0.25) is 4.90 Å². The van der Waals surface area contributed by atoms with Crippen LogP contribution in [0.5, 0.6) is 0 Å². The summed E-state index contributed by atoms with van der Waals surface area (Å²) in [5.74, 6) is 1.43. The van der Waals surface area contributed by atoms with E-state index in [1.807, 2.05) is 6.92 Å². The lowest BCUT2D eigenvalue weighted by atomic mass is 10.2. The fraction of sp³-hybridized carbons (Fsp3) is 0.615. The number of thiazole rings is 1. The van der Waals surface area contributed by atoms with E-state index in [9.17, 15) is 0 Å². The van der Waals surface area contributed by atoms with Crippen molar-refractivity contribution in [3.63, 3.8) is 0 Å². The van der Waals surface area contributed by atoms with Crippen LogP contribution in [-0.4, -0.2) is 33.7 Å². The fourth-order valence-electron chi connectivity index (χ4n) is 2.58. The molecule has 3 rings (SSSR count). The molecule has 1 atom stereocenters. The summed E-state index contributed by atoms with van der Waals surface area (Å²) in [5, 5.41) is 7.18. The van der Waals surface area contributed by atoms with Gasteiger partial charge in [0.15, 0.2) is 5.82 Å². The van der Waals surface area contributed by atoms with E-state index in [0.29, 0.717) is 12.5 Å². The summed E-state index contributed by atoms with van der Waals surface area (Å²) in [5.41, 5.74) is 1.09. The van der Waals surface area contributed by atoms with Gasteiger partial charge in [-0.1, -0.05) is 5.16 Å². The molecule has 20 heavy (non-hydrogen) atoms. The molecular formula is C13H18N4O2S. The van der Waals surface area contributed by atoms with E-state index in [0.717, 1.165) is 42.5 Å². The minimum absolute atomic E-state index is 0.250. The fourth-order valence-corrected chi connectivity index (χ4v) is 3.33. The Labute approximate surface area is 121 Å². The maximum Gasteiger partial charge on any atom is 0.223 e. The van der Waals surface area contributed by atoms with Crippen molar-refractivity contribution in [1.82, 2.24) is 20.0 Å². The second kappa shape index (κ2) is 5.99. The molecule has 2 aromatic rings. The predicted octanol–water partition coefficient (Wildman–Crippen LogP) is 2.32. The molecular weight excluding hydrogens is 276 g/mol. The molecule has 0 radical (unpaired) electrons. The number of nitrogens with zero attached hydrogens (tertiary/aromatic N) is 4. The van der Waals surface area contributed by atoms with Gasteiger partial charge < -0.3 is 9.26 Å². The van der Waals surface area contributed by atoms with Gasteiger partial charge in [0.05, 0.1) is 18.3 Å². The van der Waals surface area contributed by atoms with Gasteiger partial charge in [-0.25, -0.2) is 4.98 Å². The topological polar surface area (TPSA) is 64.3 Å². The Morgan fingerprint density at radius 2 is 2.40 bits per heavy atom. The highest BCUT2D eigenvalue weighted by atomic mass is 32.1. The number of hydrogen-bond acceptors (Lipinski definition) is 7. The lowest BCUT2D eigenvalue weighted by molar-refractivity contribution is 0.184. The molecule has 1 aliphatic rings. The van der Waals surface area contributed by atoms with Gasteiger partial charge in [0.2, 0.25) is 5.89 Å². The minimum Gasteiger partial charge on any atom is -0.378 e. The summed E-state index contributed by atoms with van der Waals surface area (Å²) < 4.78 is 10.2. The van der Waals surface area contributed by atoms with Crippen molar-refractivity contribution in [2.75, 3.05) is 13.7 Å². The normalized spacial score (nSPS) is 19.8. The van der Waals surface area contributed by atoms with Gasteiger partial charge in [0, 0.05) is 26.0 Å². The van der Waals surface area contributed by atoms with Crippen LogP contribution in [-0.2, 0) is 17.9 Å². The lowest BCUT2D eigenvalue weighted by Crippen LogP contribution is -2.23. The van der Waals surface area contributed by atoms with Crippen molar-refractivity contribution >= 4 is 11.3 Å². The van der Waals surface area contributed by atoms with Crippen LogP contribution >= 0.6 is 11.3 Å². The average molecular weight is 294 g/mol. The molecule has 1 fully saturated rings. The van der Waals surface area contributed by atoms with Crippen molar-refractivity contribution in [2.24, 2.45) is 0 Å². The van der Waals surface area contributed by atoms with Crippen molar-refractivity contribution in [3.05, 3.63) is 27.8 Å². The Balaban J connectivity index is 1.69. The molecule has 3 heterocycles. The molecule has 1 saturated heterocycles. The third kappa shape index (κ3) is 2.89. The molecule has 1 aliphatic heterocycles. The van der Waals surface area contributed by atoms with Crippen LogP contribution in [0.3, 0.4) is 0 Å². The van der Waals surface area contributed by atoms with E-state index in [2.05, 4.69) is 25.4 Å². The molecule has 6 nitrogen and oxygen atoms in total. The zero-order valence-corrected chi connectivity index (χ0v) is 12.5. The highest BCUT2D eigenvalue weighted by molar-refractivity contribution is 7.09. The smallest absolute Gasteiger partial charge is 0.223 e. The summed E-state index contributed by atoms with van der Waals surface area (Å²) in [7, 11) is 1.69. The van der Waals surface area contributed by atoms with Crippen molar-refractivity contribution in [1.29, 1.82) is 0 Å². The number of ether oxygens (including phenoxy) is 1. The number of methoxy groups -OCH3 is 1. The Morgan fingerprint density at radius 3 is 3.15 bits per heavy atom. The Kier molecular flexibility index (Phi) is 4.09. The van der Waals surface area contributed by atoms with Gasteiger partial charge in [-0.05, 0) is 19.4 Å². The average Bonchev–Trinajstić information content (AvgIpc) is 3.12. The number of likely N-dealkylation sites (tertiary alicyclic amines) is 1. The van der Waals surface area contributed by atoms with Crippen LogP contribution in [0, 0.1) is 6.92 Å². The van der Waals surface area contributed by atoms with E-state index in [1.165, 1.54) is 0 Å². The summed E-state index contributed by atoms with van der Waals surface area (Å²) in [6.45, 7) is 4.29. The molecule has 0 bridgehead atoms. The largest absolute Gasteiger partial charge is 0.378 e. The number of rotatable bonds is 5. The first-order valence-electron chi connectivity index (χ1n) is 6.72. The quantitative estimate of drug-likeness (QED) is 0.843. The van der Waals surface area contributed by atoms with Crippen LogP contribution < -0.4 is 0 Å². The van der Waals surface area contributed by atoms with Crippen molar-refractivity contribution < 1.29 is 9.26 Å². The first kappa shape index (κ1) is 13.7. The zero-order chi connectivity index (χ0) is 13.9. The maximum absolute atomic E-state index is 5.11. The number of aromatic nitrogens is 3. The predicted molar refractivity (Wildman–Crippen MR) is 74.2 cm³/mol. The first-order chi connectivity index (χ1) is 9.76. The van der Waals surface area contributed by atoms with E-state index >= 15 is 0 Å². The molecule has 2 aromatic heterocycles. The second-order valence-electron chi connectivity index (χ2n) is 4.97. The standard InChI is InChI=1S/C13H18N4O2S/c1-9-14-13(16-19-9)11-4-3-5-17(11)6-10-8-20-12(15-10)7-18-2/h8,11H,3-7H2,1-2H3. The van der Waals surface area contributed by atoms with Crippen LogP contribution in [0.15, 0.2) is 9.90 Å². The Hall–Kier alpha value is -1.31. The molecule has 0 spiro atoms. The highest BCUT2D eigenvalue weighted by Gasteiger charge is 2.30. The van der Waals surface area contributed by atoms with Gasteiger partial charge in [-0.2, -0.15) is 4.98 Å². The minimum atomic E-state index is 0.250. The maximum atomic E-state index is 5.11. The van der Waals surface area contributed by atoms with Crippen LogP contribution in [0.25, 0.3) is 0 Å². The molecule has 108 valence electrons. The first-order valence-corrected chi connectivity index (χ1v) is 7.60. The summed E-state index contributed by atoms with van der Waals surface area (Å²) in [4.78, 5) is 11.3. The second-order valence-corrected chi connectivity index (χ2v) is 5.91. The molecule has 1 unspecified atom stereocenters. The molecule has 0 amide bonds. The third-order valence-corrected chi connectivity index (χ3v) is 4.31. The molecule has 7 heteroatoms. The van der Waals surface area contributed by atoms with E-state index in [-0.39, 0.29) is 6.04 Å². The summed E-state index contributed by atoms with van der Waals surface area (Å²) in [6, 6.07) is 0.250. The van der Waals surface area contributed by atoms with Gasteiger partial charge in [0.25, 0.3) is 0 Å². The van der Waals surface area contributed by atoms with Crippen LogP contribution in [0.2, 0.25) is 0 Å². The summed E-state index contributed by atoms with van der Waals surface area (Å²) in [6.07, 6.45) is 2.24. The summed E-state index contributed by atoms with van der Waals surface area (Å²) >= 11 is 1.65. The Morgan fingerprint density at radius 1 is 1.50 bits per heavy atom. The van der Waals surface area contributed by atoms with Gasteiger partial charge in [0.1, 0.15) is 5.01 Å². The molecule has 0 N–H and O–H groups in total. The van der Waals surface area contributed by atoms with Gasteiger partial charge >= 0.3 is 0 Å². The van der Waals surface area contributed by atoms with Crippen molar-refractivity contribution in [3.8, 4) is 0 Å². The SMILES string of the molecule is COCc1nc(CN2CCCC2c2noc(C)n2)cs1. The number of hydrogen-bond donors (Lipinski definition) is 0. The van der Waals surface area contributed by atoms with Crippen molar-refractivity contribution in [2.45, 2.75) is 39.0 Å². The Bertz CT molecular complexity index is 568. The molecule has 0 aliphatic carbocycles. The zero-order valence-electron chi connectivity index (χ0n) is 11.7.